The van der Waals surface area contributed by atoms with Crippen molar-refractivity contribution in [2.24, 2.45) is 5.92 Å². The standard InChI is InChI=1S/C12H18ClN3O3S/c1-20(18,19)15-6-9-3-2-4-16(8-9)12(17)11-5-10(13)7-14-11/h5,7,9,14-15H,2-4,6,8H2,1H3. The zero-order valence-corrected chi connectivity index (χ0v) is 12.8. The zero-order valence-electron chi connectivity index (χ0n) is 11.2. The van der Waals surface area contributed by atoms with E-state index in [2.05, 4.69) is 9.71 Å². The molecule has 2 heterocycles. The van der Waals surface area contributed by atoms with Gasteiger partial charge in [0.1, 0.15) is 5.69 Å². The normalized spacial score (nSPS) is 20.1. The van der Waals surface area contributed by atoms with E-state index in [4.69, 9.17) is 11.6 Å². The van der Waals surface area contributed by atoms with Gasteiger partial charge in [0.05, 0.1) is 11.3 Å². The molecule has 0 aromatic carbocycles. The van der Waals surface area contributed by atoms with Crippen LogP contribution in [0.5, 0.6) is 0 Å². The van der Waals surface area contributed by atoms with Gasteiger partial charge in [-0.2, -0.15) is 0 Å². The van der Waals surface area contributed by atoms with Gasteiger partial charge in [-0.05, 0) is 24.8 Å². The Morgan fingerprint density at radius 1 is 1.60 bits per heavy atom. The van der Waals surface area contributed by atoms with Crippen LogP contribution in [0.15, 0.2) is 12.3 Å². The number of nitrogens with one attached hydrogen (secondary N) is 2. The molecule has 1 aliphatic rings. The number of H-pyrrole nitrogens is 1. The van der Waals surface area contributed by atoms with Crippen molar-refractivity contribution in [1.82, 2.24) is 14.6 Å². The van der Waals surface area contributed by atoms with Crippen molar-refractivity contribution in [2.45, 2.75) is 12.8 Å². The van der Waals surface area contributed by atoms with Gasteiger partial charge in [0.15, 0.2) is 0 Å². The summed E-state index contributed by atoms with van der Waals surface area (Å²) in [5.74, 6) is 0.0498. The van der Waals surface area contributed by atoms with Crippen LogP contribution in [0.1, 0.15) is 23.3 Å². The van der Waals surface area contributed by atoms with Crippen LogP contribution in [-0.2, 0) is 10.0 Å². The Morgan fingerprint density at radius 2 is 2.35 bits per heavy atom. The maximum absolute atomic E-state index is 12.3. The first-order valence-electron chi connectivity index (χ1n) is 6.43. The first-order valence-corrected chi connectivity index (χ1v) is 8.70. The van der Waals surface area contributed by atoms with Crippen molar-refractivity contribution in [2.75, 3.05) is 25.9 Å². The Kier molecular flexibility index (Phi) is 4.72. The highest BCUT2D eigenvalue weighted by Crippen LogP contribution is 2.19. The molecule has 6 nitrogen and oxygen atoms in total. The number of halogens is 1. The van der Waals surface area contributed by atoms with Gasteiger partial charge in [-0.15, -0.1) is 0 Å². The van der Waals surface area contributed by atoms with Crippen molar-refractivity contribution in [3.05, 3.63) is 23.0 Å². The molecule has 2 N–H and O–H groups in total. The molecule has 0 radical (unpaired) electrons. The van der Waals surface area contributed by atoms with Crippen LogP contribution in [0.3, 0.4) is 0 Å². The third-order valence-corrected chi connectivity index (χ3v) is 4.23. The summed E-state index contributed by atoms with van der Waals surface area (Å²) in [6, 6.07) is 1.60. The van der Waals surface area contributed by atoms with Gasteiger partial charge in [0, 0.05) is 25.8 Å². The number of piperidine rings is 1. The summed E-state index contributed by atoms with van der Waals surface area (Å²) in [6.07, 6.45) is 4.50. The number of aromatic amines is 1. The van der Waals surface area contributed by atoms with Crippen molar-refractivity contribution >= 4 is 27.5 Å². The lowest BCUT2D eigenvalue weighted by molar-refractivity contribution is 0.0671. The lowest BCUT2D eigenvalue weighted by Gasteiger charge is -2.32. The number of hydrogen-bond acceptors (Lipinski definition) is 3. The van der Waals surface area contributed by atoms with Crippen molar-refractivity contribution < 1.29 is 13.2 Å². The molecule has 0 bridgehead atoms. The van der Waals surface area contributed by atoms with Crippen molar-refractivity contribution in [3.63, 3.8) is 0 Å². The maximum Gasteiger partial charge on any atom is 0.270 e. The number of sulfonamides is 1. The molecule has 2 rings (SSSR count). The molecular weight excluding hydrogens is 302 g/mol. The van der Waals surface area contributed by atoms with Crippen LogP contribution in [0.2, 0.25) is 5.02 Å². The lowest BCUT2D eigenvalue weighted by atomic mass is 9.98. The van der Waals surface area contributed by atoms with E-state index in [0.29, 0.717) is 30.4 Å². The number of nitrogens with zero attached hydrogens (tertiary/aromatic N) is 1. The molecule has 1 saturated heterocycles. The molecule has 20 heavy (non-hydrogen) atoms. The van der Waals surface area contributed by atoms with Crippen LogP contribution < -0.4 is 4.72 Å². The van der Waals surface area contributed by atoms with E-state index in [1.165, 1.54) is 0 Å². The second kappa shape index (κ2) is 6.15. The number of likely N-dealkylation sites (tertiary alicyclic amines) is 1. The first kappa shape index (κ1) is 15.3. The summed E-state index contributed by atoms with van der Waals surface area (Å²) < 4.78 is 24.7. The average Bonchev–Trinajstić information content (AvgIpc) is 2.82. The Bertz CT molecular complexity index is 585. The summed E-state index contributed by atoms with van der Waals surface area (Å²) >= 11 is 5.79. The Balaban J connectivity index is 1.94. The number of carbonyl (C=O) groups excluding carboxylic acids is 1. The largest absolute Gasteiger partial charge is 0.356 e. The summed E-state index contributed by atoms with van der Waals surface area (Å²) in [4.78, 5) is 16.8. The predicted octanol–water partition coefficient (Wildman–Crippen LogP) is 1.07. The number of carbonyl (C=O) groups is 1. The van der Waals surface area contributed by atoms with Gasteiger partial charge in [0.25, 0.3) is 5.91 Å². The van der Waals surface area contributed by atoms with Crippen LogP contribution >= 0.6 is 11.6 Å². The summed E-state index contributed by atoms with van der Waals surface area (Å²) in [5, 5.41) is 0.501. The van der Waals surface area contributed by atoms with E-state index in [-0.39, 0.29) is 11.8 Å². The SMILES string of the molecule is CS(=O)(=O)NCC1CCCN(C(=O)c2cc(Cl)c[nH]2)C1. The maximum atomic E-state index is 12.3. The van der Waals surface area contributed by atoms with Gasteiger partial charge in [0.2, 0.25) is 10.0 Å². The number of rotatable bonds is 4. The number of aromatic nitrogens is 1. The molecule has 0 aliphatic carbocycles. The molecule has 1 aromatic rings. The smallest absolute Gasteiger partial charge is 0.270 e. The van der Waals surface area contributed by atoms with Crippen LogP contribution in [-0.4, -0.2) is 50.1 Å². The third kappa shape index (κ3) is 4.22. The molecule has 1 amide bonds. The molecule has 8 heteroatoms. The Hall–Kier alpha value is -1.05. The Morgan fingerprint density at radius 3 is 2.95 bits per heavy atom. The third-order valence-electron chi connectivity index (χ3n) is 3.32. The minimum Gasteiger partial charge on any atom is -0.356 e. The minimum absolute atomic E-state index is 0.0963. The van der Waals surface area contributed by atoms with Gasteiger partial charge < -0.3 is 9.88 Å². The fraction of sp³-hybridized carbons (Fsp3) is 0.583. The van der Waals surface area contributed by atoms with E-state index in [9.17, 15) is 13.2 Å². The van der Waals surface area contributed by atoms with Gasteiger partial charge >= 0.3 is 0 Å². The fourth-order valence-electron chi connectivity index (χ4n) is 2.35. The molecule has 112 valence electrons. The second-order valence-electron chi connectivity index (χ2n) is 5.11. The van der Waals surface area contributed by atoms with E-state index in [1.54, 1.807) is 17.2 Å². The predicted molar refractivity (Wildman–Crippen MR) is 77.3 cm³/mol. The Labute approximate surface area is 123 Å². The summed E-state index contributed by atoms with van der Waals surface area (Å²) in [5.41, 5.74) is 0.465. The molecule has 1 unspecified atom stereocenters. The lowest BCUT2D eigenvalue weighted by Crippen LogP contribution is -2.43. The topological polar surface area (TPSA) is 82.3 Å². The molecule has 1 fully saturated rings. The number of amides is 1. The molecule has 0 saturated carbocycles. The van der Waals surface area contributed by atoms with E-state index < -0.39 is 10.0 Å². The average molecular weight is 320 g/mol. The zero-order chi connectivity index (χ0) is 14.8. The van der Waals surface area contributed by atoms with Crippen LogP contribution in [0.4, 0.5) is 0 Å². The van der Waals surface area contributed by atoms with E-state index in [0.717, 1.165) is 19.1 Å². The quantitative estimate of drug-likeness (QED) is 0.871. The number of hydrogen-bond donors (Lipinski definition) is 2. The van der Waals surface area contributed by atoms with Crippen LogP contribution in [0.25, 0.3) is 0 Å². The van der Waals surface area contributed by atoms with Crippen molar-refractivity contribution in [3.8, 4) is 0 Å². The second-order valence-corrected chi connectivity index (χ2v) is 7.38. The van der Waals surface area contributed by atoms with E-state index in [1.807, 2.05) is 0 Å². The highest BCUT2D eigenvalue weighted by Gasteiger charge is 2.25. The van der Waals surface area contributed by atoms with Crippen LogP contribution in [0, 0.1) is 5.92 Å². The highest BCUT2D eigenvalue weighted by atomic mass is 35.5. The highest BCUT2D eigenvalue weighted by molar-refractivity contribution is 7.88. The molecule has 1 atom stereocenters. The molecule has 0 spiro atoms. The fourth-order valence-corrected chi connectivity index (χ4v) is 3.05. The molecule has 1 aliphatic heterocycles. The summed E-state index contributed by atoms with van der Waals surface area (Å²) in [6.45, 7) is 1.61. The summed E-state index contributed by atoms with van der Waals surface area (Å²) in [7, 11) is -3.19. The molecule has 1 aromatic heterocycles. The monoisotopic (exact) mass is 319 g/mol. The van der Waals surface area contributed by atoms with Gasteiger partial charge in [-0.3, -0.25) is 4.79 Å². The minimum atomic E-state index is -3.19. The molecular formula is C12H18ClN3O3S. The van der Waals surface area contributed by atoms with E-state index >= 15 is 0 Å². The van der Waals surface area contributed by atoms with Gasteiger partial charge in [-0.25, -0.2) is 13.1 Å². The van der Waals surface area contributed by atoms with Crippen molar-refractivity contribution in [1.29, 1.82) is 0 Å². The first-order chi connectivity index (χ1) is 9.35. The van der Waals surface area contributed by atoms with Gasteiger partial charge in [-0.1, -0.05) is 11.6 Å².